The second kappa shape index (κ2) is 6.62. The summed E-state index contributed by atoms with van der Waals surface area (Å²) in [5.74, 6) is 0. The molecule has 0 unspecified atom stereocenters. The van der Waals surface area contributed by atoms with Gasteiger partial charge < -0.3 is 0 Å². The fourth-order valence-corrected chi connectivity index (χ4v) is 3.06. The van der Waals surface area contributed by atoms with E-state index in [9.17, 15) is 0 Å². The van der Waals surface area contributed by atoms with Gasteiger partial charge in [0.05, 0.1) is 0 Å². The van der Waals surface area contributed by atoms with Crippen LogP contribution in [0.4, 0.5) is 0 Å². The highest BCUT2D eigenvalue weighted by molar-refractivity contribution is 5.84. The predicted octanol–water partition coefficient (Wildman–Crippen LogP) is 6.15. The summed E-state index contributed by atoms with van der Waals surface area (Å²) >= 11 is 0. The summed E-state index contributed by atoms with van der Waals surface area (Å²) in [5, 5.41) is 0. The molecule has 0 bridgehead atoms. The zero-order valence-corrected chi connectivity index (χ0v) is 13.3. The summed E-state index contributed by atoms with van der Waals surface area (Å²) in [6.45, 7) is 4.48. The van der Waals surface area contributed by atoms with E-state index in [2.05, 4.69) is 86.6 Å². The molecule has 0 saturated heterocycles. The summed E-state index contributed by atoms with van der Waals surface area (Å²) in [5.41, 5.74) is 8.17. The normalized spacial score (nSPS) is 10.6. The van der Waals surface area contributed by atoms with Crippen LogP contribution in [0.25, 0.3) is 22.3 Å². The van der Waals surface area contributed by atoms with Crippen LogP contribution in [0, 0.1) is 0 Å². The van der Waals surface area contributed by atoms with Gasteiger partial charge in [-0.05, 0) is 46.2 Å². The van der Waals surface area contributed by atoms with Crippen molar-refractivity contribution in [3.8, 4) is 22.3 Å². The summed E-state index contributed by atoms with van der Waals surface area (Å²) < 4.78 is 0. The molecule has 0 aromatic heterocycles. The number of benzene rings is 3. The van der Waals surface area contributed by atoms with Crippen LogP contribution in [-0.4, -0.2) is 0 Å². The monoisotopic (exact) mass is 286 g/mol. The van der Waals surface area contributed by atoms with Crippen LogP contribution in [0.3, 0.4) is 0 Å². The average Bonchev–Trinajstić information content (AvgIpc) is 2.62. The molecule has 0 heteroatoms. The van der Waals surface area contributed by atoms with Gasteiger partial charge in [-0.2, -0.15) is 0 Å². The minimum Gasteiger partial charge on any atom is -0.0622 e. The van der Waals surface area contributed by atoms with Crippen molar-refractivity contribution < 1.29 is 0 Å². The van der Waals surface area contributed by atoms with Gasteiger partial charge >= 0.3 is 0 Å². The lowest BCUT2D eigenvalue weighted by Crippen LogP contribution is -1.95. The van der Waals surface area contributed by atoms with Crippen molar-refractivity contribution in [2.24, 2.45) is 0 Å². The highest BCUT2D eigenvalue weighted by Crippen LogP contribution is 2.35. The van der Waals surface area contributed by atoms with E-state index in [1.807, 2.05) is 0 Å². The maximum absolute atomic E-state index is 2.39. The lowest BCUT2D eigenvalue weighted by atomic mass is 9.88. The summed E-state index contributed by atoms with van der Waals surface area (Å²) in [6.07, 6.45) is 2.16. The molecule has 22 heavy (non-hydrogen) atoms. The zero-order chi connectivity index (χ0) is 15.4. The minimum absolute atomic E-state index is 1.08. The fourth-order valence-electron chi connectivity index (χ4n) is 3.06. The van der Waals surface area contributed by atoms with Gasteiger partial charge in [0.1, 0.15) is 0 Å². The van der Waals surface area contributed by atoms with Gasteiger partial charge in [0, 0.05) is 0 Å². The molecule has 0 amide bonds. The molecule has 0 aliphatic carbocycles. The molecular formula is C22H22. The molecule has 0 saturated carbocycles. The highest BCUT2D eigenvalue weighted by Gasteiger charge is 2.11. The molecular weight excluding hydrogens is 264 g/mol. The van der Waals surface area contributed by atoms with E-state index < -0.39 is 0 Å². The van der Waals surface area contributed by atoms with Crippen LogP contribution < -0.4 is 0 Å². The minimum atomic E-state index is 1.08. The van der Waals surface area contributed by atoms with Crippen LogP contribution in [0.1, 0.15) is 25.0 Å². The van der Waals surface area contributed by atoms with Crippen molar-refractivity contribution in [3.05, 3.63) is 83.9 Å². The summed E-state index contributed by atoms with van der Waals surface area (Å²) in [4.78, 5) is 0. The molecule has 0 aliphatic rings. The summed E-state index contributed by atoms with van der Waals surface area (Å²) in [6, 6.07) is 26.2. The zero-order valence-electron chi connectivity index (χ0n) is 13.3. The first-order chi connectivity index (χ1) is 10.8. The quantitative estimate of drug-likeness (QED) is 0.540. The van der Waals surface area contributed by atoms with Crippen molar-refractivity contribution in [1.82, 2.24) is 0 Å². The predicted molar refractivity (Wildman–Crippen MR) is 96.1 cm³/mol. The first kappa shape index (κ1) is 14.6. The molecule has 0 nitrogen and oxygen atoms in total. The maximum Gasteiger partial charge on any atom is -0.0102 e. The van der Waals surface area contributed by atoms with E-state index in [0.29, 0.717) is 0 Å². The SMILES string of the molecule is CCc1cc(-c2ccccc2)c(-c2ccccc2)cc1CC. The molecule has 0 atom stereocenters. The van der Waals surface area contributed by atoms with E-state index in [-0.39, 0.29) is 0 Å². The Morgan fingerprint density at radius 1 is 0.545 bits per heavy atom. The molecule has 0 spiro atoms. The van der Waals surface area contributed by atoms with Gasteiger partial charge in [0.2, 0.25) is 0 Å². The first-order valence-electron chi connectivity index (χ1n) is 8.10. The smallest absolute Gasteiger partial charge is 0.0102 e. The molecule has 3 aromatic rings. The maximum atomic E-state index is 2.39. The number of rotatable bonds is 4. The second-order valence-electron chi connectivity index (χ2n) is 5.61. The van der Waals surface area contributed by atoms with Crippen molar-refractivity contribution in [1.29, 1.82) is 0 Å². The lowest BCUT2D eigenvalue weighted by molar-refractivity contribution is 1.04. The van der Waals surface area contributed by atoms with E-state index in [0.717, 1.165) is 12.8 Å². The van der Waals surface area contributed by atoms with Gasteiger partial charge in [-0.25, -0.2) is 0 Å². The molecule has 3 rings (SSSR count). The third-order valence-electron chi connectivity index (χ3n) is 4.27. The van der Waals surface area contributed by atoms with Crippen LogP contribution in [0.15, 0.2) is 72.8 Å². The molecule has 0 N–H and O–H groups in total. The Labute approximate surface area is 133 Å². The van der Waals surface area contributed by atoms with Crippen molar-refractivity contribution >= 4 is 0 Å². The summed E-state index contributed by atoms with van der Waals surface area (Å²) in [7, 11) is 0. The Kier molecular flexibility index (Phi) is 4.39. The largest absolute Gasteiger partial charge is 0.0622 e. The van der Waals surface area contributed by atoms with Crippen LogP contribution in [0.2, 0.25) is 0 Å². The second-order valence-corrected chi connectivity index (χ2v) is 5.61. The Hall–Kier alpha value is -2.34. The average molecular weight is 286 g/mol. The van der Waals surface area contributed by atoms with Crippen LogP contribution >= 0.6 is 0 Å². The number of hydrogen-bond acceptors (Lipinski definition) is 0. The van der Waals surface area contributed by atoms with Gasteiger partial charge in [0.15, 0.2) is 0 Å². The topological polar surface area (TPSA) is 0 Å². The van der Waals surface area contributed by atoms with E-state index in [4.69, 9.17) is 0 Å². The van der Waals surface area contributed by atoms with Gasteiger partial charge in [-0.15, -0.1) is 0 Å². The van der Waals surface area contributed by atoms with E-state index in [1.54, 1.807) is 0 Å². The van der Waals surface area contributed by atoms with Crippen molar-refractivity contribution in [2.45, 2.75) is 26.7 Å². The van der Waals surface area contributed by atoms with Crippen LogP contribution in [0.5, 0.6) is 0 Å². The van der Waals surface area contributed by atoms with Crippen LogP contribution in [-0.2, 0) is 12.8 Å². The Morgan fingerprint density at radius 2 is 0.909 bits per heavy atom. The van der Waals surface area contributed by atoms with E-state index in [1.165, 1.54) is 33.4 Å². The highest BCUT2D eigenvalue weighted by atomic mass is 14.2. The standard InChI is InChI=1S/C22H22/c1-3-17-15-21(19-11-7-5-8-12-19)22(16-18(17)4-2)20-13-9-6-10-14-20/h5-16H,3-4H2,1-2H3. The third kappa shape index (κ3) is 2.82. The molecule has 0 heterocycles. The van der Waals surface area contributed by atoms with E-state index >= 15 is 0 Å². The third-order valence-corrected chi connectivity index (χ3v) is 4.27. The fraction of sp³-hybridized carbons (Fsp3) is 0.182. The van der Waals surface area contributed by atoms with Crippen molar-refractivity contribution in [2.75, 3.05) is 0 Å². The van der Waals surface area contributed by atoms with Gasteiger partial charge in [-0.1, -0.05) is 86.6 Å². The molecule has 110 valence electrons. The lowest BCUT2D eigenvalue weighted by Gasteiger charge is -2.16. The molecule has 3 aromatic carbocycles. The first-order valence-corrected chi connectivity index (χ1v) is 8.10. The number of hydrogen-bond donors (Lipinski definition) is 0. The molecule has 0 radical (unpaired) electrons. The Bertz CT molecular complexity index is 673. The number of aryl methyl sites for hydroxylation is 2. The molecule has 0 fully saturated rings. The van der Waals surface area contributed by atoms with Gasteiger partial charge in [-0.3, -0.25) is 0 Å². The van der Waals surface area contributed by atoms with Crippen molar-refractivity contribution in [3.63, 3.8) is 0 Å². The Balaban J connectivity index is 2.26. The van der Waals surface area contributed by atoms with Gasteiger partial charge in [0.25, 0.3) is 0 Å². The molecule has 0 aliphatic heterocycles. The Morgan fingerprint density at radius 3 is 1.23 bits per heavy atom.